The number of para-hydroxylation sites is 1. The highest BCUT2D eigenvalue weighted by Crippen LogP contribution is 2.21. The maximum absolute atomic E-state index is 13.3. The second-order valence-corrected chi connectivity index (χ2v) is 7.39. The zero-order valence-corrected chi connectivity index (χ0v) is 16.8. The van der Waals surface area contributed by atoms with E-state index in [1.54, 1.807) is 7.11 Å². The lowest BCUT2D eigenvalue weighted by atomic mass is 10.1. The molecule has 0 unspecified atom stereocenters. The Labute approximate surface area is 167 Å². The van der Waals surface area contributed by atoms with Crippen LogP contribution in [0.15, 0.2) is 72.9 Å². The minimum Gasteiger partial charge on any atom is -0.496 e. The molecular formula is C24H28N2O2. The first-order valence-corrected chi connectivity index (χ1v) is 9.68. The molecule has 2 aromatic carbocycles. The summed E-state index contributed by atoms with van der Waals surface area (Å²) in [6, 6.07) is 21.9. The average Bonchev–Trinajstić information content (AvgIpc) is 3.14. The Morgan fingerprint density at radius 1 is 1.00 bits per heavy atom. The van der Waals surface area contributed by atoms with Crippen molar-refractivity contribution < 1.29 is 9.53 Å². The number of carbonyl (C=O) groups excluding carboxylic acids is 1. The van der Waals surface area contributed by atoms with Crippen molar-refractivity contribution in [2.75, 3.05) is 13.7 Å². The molecule has 0 aliphatic carbocycles. The van der Waals surface area contributed by atoms with Crippen LogP contribution in [-0.2, 0) is 13.1 Å². The molecule has 0 radical (unpaired) electrons. The summed E-state index contributed by atoms with van der Waals surface area (Å²) in [6.07, 6.45) is 2.07. The van der Waals surface area contributed by atoms with Gasteiger partial charge in [-0.1, -0.05) is 56.3 Å². The van der Waals surface area contributed by atoms with Gasteiger partial charge in [-0.25, -0.2) is 0 Å². The van der Waals surface area contributed by atoms with Crippen LogP contribution in [0.4, 0.5) is 0 Å². The van der Waals surface area contributed by atoms with E-state index in [4.69, 9.17) is 4.74 Å². The summed E-state index contributed by atoms with van der Waals surface area (Å²) in [5.74, 6) is 0.982. The molecule has 3 aromatic rings. The van der Waals surface area contributed by atoms with Gasteiger partial charge < -0.3 is 14.2 Å². The minimum absolute atomic E-state index is 0.00129. The molecule has 3 rings (SSSR count). The van der Waals surface area contributed by atoms with Crippen LogP contribution in [0.5, 0.6) is 5.75 Å². The number of aromatic nitrogens is 1. The van der Waals surface area contributed by atoms with Crippen LogP contribution in [0, 0.1) is 5.92 Å². The number of nitrogens with zero attached hydrogens (tertiary/aromatic N) is 2. The van der Waals surface area contributed by atoms with E-state index >= 15 is 0 Å². The Hall–Kier alpha value is -3.01. The van der Waals surface area contributed by atoms with Gasteiger partial charge in [0, 0.05) is 25.0 Å². The Morgan fingerprint density at radius 3 is 2.43 bits per heavy atom. The Balaban J connectivity index is 1.84. The lowest BCUT2D eigenvalue weighted by Crippen LogP contribution is -2.34. The molecule has 1 heterocycles. The fourth-order valence-electron chi connectivity index (χ4n) is 3.37. The van der Waals surface area contributed by atoms with Crippen molar-refractivity contribution in [2.45, 2.75) is 26.9 Å². The second kappa shape index (κ2) is 9.27. The Bertz CT molecular complexity index is 900. The van der Waals surface area contributed by atoms with Crippen LogP contribution in [0.2, 0.25) is 0 Å². The van der Waals surface area contributed by atoms with E-state index in [0.29, 0.717) is 30.3 Å². The van der Waals surface area contributed by atoms with Gasteiger partial charge in [-0.3, -0.25) is 4.79 Å². The summed E-state index contributed by atoms with van der Waals surface area (Å²) in [7, 11) is 1.60. The molecule has 0 aliphatic rings. The lowest BCUT2D eigenvalue weighted by Gasteiger charge is -2.26. The monoisotopic (exact) mass is 376 g/mol. The van der Waals surface area contributed by atoms with Crippen molar-refractivity contribution in [1.29, 1.82) is 0 Å². The van der Waals surface area contributed by atoms with E-state index in [-0.39, 0.29) is 5.91 Å². The number of ether oxygens (including phenoxy) is 1. The zero-order chi connectivity index (χ0) is 19.9. The van der Waals surface area contributed by atoms with E-state index in [9.17, 15) is 4.79 Å². The molecule has 0 fully saturated rings. The number of hydrogen-bond donors (Lipinski definition) is 0. The summed E-state index contributed by atoms with van der Waals surface area (Å²) in [4.78, 5) is 15.2. The predicted octanol–water partition coefficient (Wildman–Crippen LogP) is 4.84. The van der Waals surface area contributed by atoms with Crippen LogP contribution in [0.25, 0.3) is 0 Å². The predicted molar refractivity (Wildman–Crippen MR) is 113 cm³/mol. The van der Waals surface area contributed by atoms with Crippen molar-refractivity contribution in [3.05, 3.63) is 89.7 Å². The largest absolute Gasteiger partial charge is 0.496 e. The highest BCUT2D eigenvalue weighted by Gasteiger charge is 2.21. The molecule has 0 aliphatic heterocycles. The van der Waals surface area contributed by atoms with E-state index in [0.717, 1.165) is 12.2 Å². The van der Waals surface area contributed by atoms with Gasteiger partial charge in [-0.05, 0) is 35.7 Å². The van der Waals surface area contributed by atoms with E-state index in [1.807, 2.05) is 41.3 Å². The highest BCUT2D eigenvalue weighted by molar-refractivity contribution is 5.96. The Kier molecular flexibility index (Phi) is 6.53. The molecule has 1 aromatic heterocycles. The third-order valence-corrected chi connectivity index (χ3v) is 4.68. The fraction of sp³-hybridized carbons (Fsp3) is 0.292. The zero-order valence-electron chi connectivity index (χ0n) is 16.8. The summed E-state index contributed by atoms with van der Waals surface area (Å²) in [6.45, 7) is 6.31. The van der Waals surface area contributed by atoms with Crippen LogP contribution < -0.4 is 4.74 Å². The lowest BCUT2D eigenvalue weighted by molar-refractivity contribution is 0.0715. The summed E-state index contributed by atoms with van der Waals surface area (Å²) < 4.78 is 7.61. The smallest absolute Gasteiger partial charge is 0.257 e. The van der Waals surface area contributed by atoms with Crippen molar-refractivity contribution in [2.24, 2.45) is 5.92 Å². The van der Waals surface area contributed by atoms with Crippen LogP contribution in [0.3, 0.4) is 0 Å². The van der Waals surface area contributed by atoms with Crippen LogP contribution in [0.1, 0.15) is 35.5 Å². The normalized spacial score (nSPS) is 10.9. The SMILES string of the molecule is COc1ccccc1C(=O)N(Cc1cccn1Cc1ccccc1)CC(C)C. The summed E-state index contributed by atoms with van der Waals surface area (Å²) in [5.41, 5.74) is 2.96. The molecule has 28 heavy (non-hydrogen) atoms. The molecule has 4 heteroatoms. The first kappa shape index (κ1) is 19.7. The molecule has 1 amide bonds. The molecule has 4 nitrogen and oxygen atoms in total. The van der Waals surface area contributed by atoms with Gasteiger partial charge >= 0.3 is 0 Å². The molecule has 0 atom stereocenters. The number of methoxy groups -OCH3 is 1. The number of rotatable bonds is 8. The maximum atomic E-state index is 13.3. The van der Waals surface area contributed by atoms with Gasteiger partial charge in [0.05, 0.1) is 19.2 Å². The first-order chi connectivity index (χ1) is 13.6. The maximum Gasteiger partial charge on any atom is 0.257 e. The third-order valence-electron chi connectivity index (χ3n) is 4.68. The molecule has 0 saturated carbocycles. The highest BCUT2D eigenvalue weighted by atomic mass is 16.5. The number of carbonyl (C=O) groups is 1. The average molecular weight is 377 g/mol. The molecular weight excluding hydrogens is 348 g/mol. The quantitative estimate of drug-likeness (QED) is 0.564. The Morgan fingerprint density at radius 2 is 1.71 bits per heavy atom. The first-order valence-electron chi connectivity index (χ1n) is 9.68. The van der Waals surface area contributed by atoms with Gasteiger partial charge in [0.25, 0.3) is 5.91 Å². The van der Waals surface area contributed by atoms with E-state index in [1.165, 1.54) is 5.56 Å². The molecule has 146 valence electrons. The number of amides is 1. The van der Waals surface area contributed by atoms with Crippen molar-refractivity contribution in [3.8, 4) is 5.75 Å². The number of hydrogen-bond acceptors (Lipinski definition) is 2. The van der Waals surface area contributed by atoms with Gasteiger partial charge in [0.15, 0.2) is 0 Å². The van der Waals surface area contributed by atoms with Crippen molar-refractivity contribution in [3.63, 3.8) is 0 Å². The molecule has 0 N–H and O–H groups in total. The summed E-state index contributed by atoms with van der Waals surface area (Å²) in [5, 5.41) is 0. The summed E-state index contributed by atoms with van der Waals surface area (Å²) >= 11 is 0. The fourth-order valence-corrected chi connectivity index (χ4v) is 3.37. The molecule has 0 bridgehead atoms. The minimum atomic E-state index is -0.00129. The van der Waals surface area contributed by atoms with E-state index < -0.39 is 0 Å². The van der Waals surface area contributed by atoms with Gasteiger partial charge in [0.2, 0.25) is 0 Å². The van der Waals surface area contributed by atoms with Crippen molar-refractivity contribution >= 4 is 5.91 Å². The standard InChI is InChI=1S/C24H28N2O2/c1-19(2)16-26(24(27)22-13-7-8-14-23(22)28-3)18-21-12-9-15-25(21)17-20-10-5-4-6-11-20/h4-15,19H,16-18H2,1-3H3. The van der Waals surface area contributed by atoms with E-state index in [2.05, 4.69) is 54.9 Å². The van der Waals surface area contributed by atoms with Gasteiger partial charge in [-0.2, -0.15) is 0 Å². The second-order valence-electron chi connectivity index (χ2n) is 7.39. The van der Waals surface area contributed by atoms with Crippen LogP contribution in [-0.4, -0.2) is 29.0 Å². The van der Waals surface area contributed by atoms with Gasteiger partial charge in [0.1, 0.15) is 5.75 Å². The van der Waals surface area contributed by atoms with Crippen LogP contribution >= 0.6 is 0 Å². The molecule has 0 spiro atoms. The topological polar surface area (TPSA) is 34.5 Å². The third kappa shape index (κ3) is 4.83. The van der Waals surface area contributed by atoms with Crippen molar-refractivity contribution in [1.82, 2.24) is 9.47 Å². The molecule has 0 saturated heterocycles. The van der Waals surface area contributed by atoms with Gasteiger partial charge in [-0.15, -0.1) is 0 Å². The number of benzene rings is 2.